The molecule has 0 saturated carbocycles. The van der Waals surface area contributed by atoms with Gasteiger partial charge in [0, 0.05) is 20.0 Å². The average Bonchev–Trinajstić information content (AvgIpc) is 3.41. The summed E-state index contributed by atoms with van der Waals surface area (Å²) < 4.78 is 9.48. The van der Waals surface area contributed by atoms with Crippen LogP contribution in [0.2, 0.25) is 0 Å². The molecule has 0 aliphatic rings. The molecule has 0 N–H and O–H groups in total. The van der Waals surface area contributed by atoms with Gasteiger partial charge < -0.3 is 13.9 Å². The first-order chi connectivity index (χ1) is 17.5. The lowest BCUT2D eigenvalue weighted by Crippen LogP contribution is -2.18. The van der Waals surface area contributed by atoms with E-state index in [1.165, 1.54) is 0 Å². The van der Waals surface area contributed by atoms with Gasteiger partial charge in [0.15, 0.2) is 0 Å². The largest absolute Gasteiger partial charge is 0.465 e. The Morgan fingerprint density at radius 1 is 1.00 bits per heavy atom. The van der Waals surface area contributed by atoms with Gasteiger partial charge in [0.2, 0.25) is 0 Å². The van der Waals surface area contributed by atoms with Gasteiger partial charge in [-0.05, 0) is 61.4 Å². The first-order valence-electron chi connectivity index (χ1n) is 12.0. The van der Waals surface area contributed by atoms with Crippen LogP contribution in [-0.4, -0.2) is 31.7 Å². The maximum absolute atomic E-state index is 12.5. The first kappa shape index (κ1) is 23.3. The number of fused-ring (bicyclic) bond motifs is 2. The molecule has 2 aromatic heterocycles. The lowest BCUT2D eigenvalue weighted by molar-refractivity contribution is -0.144. The van der Waals surface area contributed by atoms with E-state index in [-0.39, 0.29) is 5.97 Å². The van der Waals surface area contributed by atoms with Crippen molar-refractivity contribution in [3.63, 3.8) is 0 Å². The molecule has 2 heterocycles. The van der Waals surface area contributed by atoms with E-state index >= 15 is 0 Å². The van der Waals surface area contributed by atoms with Crippen molar-refractivity contribution >= 4 is 28.0 Å². The quantitative estimate of drug-likeness (QED) is 0.305. The number of hydrogen-bond donors (Lipinski definition) is 0. The number of hydrogen-bond acceptors (Lipinski definition) is 5. The fraction of sp³-hybridized carbons (Fsp3) is 0.241. The second-order valence-electron chi connectivity index (χ2n) is 8.91. The Morgan fingerprint density at radius 2 is 1.75 bits per heavy atom. The van der Waals surface area contributed by atoms with E-state index in [0.717, 1.165) is 39.0 Å². The molecule has 7 heteroatoms. The van der Waals surface area contributed by atoms with Crippen molar-refractivity contribution in [2.75, 3.05) is 6.61 Å². The van der Waals surface area contributed by atoms with Crippen molar-refractivity contribution in [1.82, 2.24) is 19.1 Å². The van der Waals surface area contributed by atoms with Gasteiger partial charge in [0.1, 0.15) is 17.6 Å². The molecular formula is C29H27N5O2. The second kappa shape index (κ2) is 9.67. The highest BCUT2D eigenvalue weighted by Gasteiger charge is 2.24. The summed E-state index contributed by atoms with van der Waals surface area (Å²) in [6, 6.07) is 24.0. The fourth-order valence-electron chi connectivity index (χ4n) is 4.58. The fourth-order valence-corrected chi connectivity index (χ4v) is 4.58. The van der Waals surface area contributed by atoms with Crippen LogP contribution in [0.5, 0.6) is 0 Å². The number of nitrogens with zero attached hydrogens (tertiary/aromatic N) is 5. The number of carbonyl (C=O) groups is 1. The summed E-state index contributed by atoms with van der Waals surface area (Å²) in [6.07, 6.45) is 0.680. The van der Waals surface area contributed by atoms with Gasteiger partial charge in [-0.3, -0.25) is 4.79 Å². The van der Waals surface area contributed by atoms with Crippen LogP contribution in [0.1, 0.15) is 48.1 Å². The van der Waals surface area contributed by atoms with Gasteiger partial charge in [-0.2, -0.15) is 5.26 Å². The van der Waals surface area contributed by atoms with Gasteiger partial charge in [0.25, 0.3) is 0 Å². The van der Waals surface area contributed by atoms with Crippen LogP contribution in [0.4, 0.5) is 0 Å². The number of benzene rings is 3. The van der Waals surface area contributed by atoms with Crippen molar-refractivity contribution in [3.05, 3.63) is 95.1 Å². The van der Waals surface area contributed by atoms with Gasteiger partial charge in [-0.1, -0.05) is 30.3 Å². The molecule has 0 amide bonds. The molecule has 3 aromatic carbocycles. The van der Waals surface area contributed by atoms with Gasteiger partial charge in [0.05, 0.1) is 40.3 Å². The standard InChI is InChI=1S/C29H27N5O2/c1-4-36-29(35)19(2)28-32-23-7-5-6-8-26(23)34(28)18-22-13-14-25-24(15-22)31-27(33(25)3)16-20-9-11-21(17-30)12-10-20/h5-15,19H,4,16,18H2,1-3H3. The molecule has 180 valence electrons. The molecule has 7 nitrogen and oxygen atoms in total. The monoisotopic (exact) mass is 477 g/mol. The Hall–Kier alpha value is -4.44. The Bertz CT molecular complexity index is 1610. The molecule has 36 heavy (non-hydrogen) atoms. The minimum Gasteiger partial charge on any atom is -0.465 e. The van der Waals surface area contributed by atoms with Crippen molar-refractivity contribution in [3.8, 4) is 6.07 Å². The van der Waals surface area contributed by atoms with E-state index in [1.54, 1.807) is 0 Å². The van der Waals surface area contributed by atoms with E-state index in [4.69, 9.17) is 20.0 Å². The van der Waals surface area contributed by atoms with E-state index in [0.29, 0.717) is 31.0 Å². The minimum absolute atomic E-state index is 0.276. The van der Waals surface area contributed by atoms with Crippen LogP contribution in [0.15, 0.2) is 66.7 Å². The third kappa shape index (κ3) is 4.34. The molecule has 5 rings (SSSR count). The van der Waals surface area contributed by atoms with Crippen LogP contribution in [0.25, 0.3) is 22.1 Å². The number of para-hydroxylation sites is 2. The number of imidazole rings is 2. The van der Waals surface area contributed by atoms with Crippen molar-refractivity contribution in [1.29, 1.82) is 5.26 Å². The molecule has 1 unspecified atom stereocenters. The summed E-state index contributed by atoms with van der Waals surface area (Å²) in [6.45, 7) is 4.56. The molecule has 0 aliphatic heterocycles. The lowest BCUT2D eigenvalue weighted by atomic mass is 10.1. The summed E-state index contributed by atoms with van der Waals surface area (Å²) in [5.41, 5.74) is 6.64. The average molecular weight is 478 g/mol. The van der Waals surface area contributed by atoms with Crippen LogP contribution in [-0.2, 0) is 29.5 Å². The number of esters is 1. The maximum atomic E-state index is 12.5. The number of aromatic nitrogens is 4. The predicted octanol–water partition coefficient (Wildman–Crippen LogP) is 5.10. The molecule has 0 bridgehead atoms. The highest BCUT2D eigenvalue weighted by atomic mass is 16.5. The summed E-state index contributed by atoms with van der Waals surface area (Å²) in [7, 11) is 2.02. The summed E-state index contributed by atoms with van der Waals surface area (Å²) >= 11 is 0. The Kier molecular flexibility index (Phi) is 6.26. The van der Waals surface area contributed by atoms with Gasteiger partial charge in [-0.25, -0.2) is 9.97 Å². The van der Waals surface area contributed by atoms with Gasteiger partial charge >= 0.3 is 5.97 Å². The lowest BCUT2D eigenvalue weighted by Gasteiger charge is -2.14. The Balaban J connectivity index is 1.48. The van der Waals surface area contributed by atoms with E-state index in [1.807, 2.05) is 69.4 Å². The maximum Gasteiger partial charge on any atom is 0.316 e. The number of rotatable bonds is 7. The number of nitriles is 1. The second-order valence-corrected chi connectivity index (χ2v) is 8.91. The van der Waals surface area contributed by atoms with Crippen molar-refractivity contribution < 1.29 is 9.53 Å². The summed E-state index contributed by atoms with van der Waals surface area (Å²) in [5, 5.41) is 9.04. The Morgan fingerprint density at radius 3 is 2.50 bits per heavy atom. The molecule has 5 aromatic rings. The highest BCUT2D eigenvalue weighted by Crippen LogP contribution is 2.26. The molecule has 1 atom stereocenters. The topological polar surface area (TPSA) is 85.7 Å². The number of aryl methyl sites for hydroxylation is 1. The molecule has 0 saturated heterocycles. The zero-order chi connectivity index (χ0) is 25.2. The van der Waals surface area contributed by atoms with Crippen LogP contribution < -0.4 is 0 Å². The molecule has 0 spiro atoms. The predicted molar refractivity (Wildman–Crippen MR) is 139 cm³/mol. The van der Waals surface area contributed by atoms with Crippen LogP contribution in [0.3, 0.4) is 0 Å². The van der Waals surface area contributed by atoms with Crippen LogP contribution in [0, 0.1) is 11.3 Å². The summed E-state index contributed by atoms with van der Waals surface area (Å²) in [5.74, 6) is 0.894. The number of ether oxygens (including phenoxy) is 1. The molecule has 0 aliphatic carbocycles. The summed E-state index contributed by atoms with van der Waals surface area (Å²) in [4.78, 5) is 22.2. The smallest absolute Gasteiger partial charge is 0.316 e. The van der Waals surface area contributed by atoms with E-state index in [2.05, 4.69) is 33.4 Å². The van der Waals surface area contributed by atoms with Gasteiger partial charge in [-0.15, -0.1) is 0 Å². The van der Waals surface area contributed by atoms with E-state index in [9.17, 15) is 4.79 Å². The first-order valence-corrected chi connectivity index (χ1v) is 12.0. The zero-order valence-electron chi connectivity index (χ0n) is 20.6. The molecule has 0 fully saturated rings. The molecular weight excluding hydrogens is 450 g/mol. The molecule has 0 radical (unpaired) electrons. The normalized spacial score (nSPS) is 12.1. The van der Waals surface area contributed by atoms with Crippen molar-refractivity contribution in [2.24, 2.45) is 7.05 Å². The minimum atomic E-state index is -0.477. The Labute approximate surface area is 209 Å². The van der Waals surface area contributed by atoms with E-state index < -0.39 is 5.92 Å². The SMILES string of the molecule is CCOC(=O)C(C)c1nc2ccccc2n1Cc1ccc2c(c1)nc(Cc1ccc(C#N)cc1)n2C. The third-order valence-corrected chi connectivity index (χ3v) is 6.54. The van der Waals surface area contributed by atoms with Crippen molar-refractivity contribution in [2.45, 2.75) is 32.7 Å². The highest BCUT2D eigenvalue weighted by molar-refractivity contribution is 5.81. The number of carbonyl (C=O) groups excluding carboxylic acids is 1. The third-order valence-electron chi connectivity index (χ3n) is 6.54. The van der Waals surface area contributed by atoms with Crippen LogP contribution >= 0.6 is 0 Å². The zero-order valence-corrected chi connectivity index (χ0v) is 20.6.